The second-order valence-electron chi connectivity index (χ2n) is 19.4. The van der Waals surface area contributed by atoms with Crippen LogP contribution in [0.25, 0.3) is 44.5 Å². The van der Waals surface area contributed by atoms with Crippen LogP contribution in [0.4, 0.5) is 18.4 Å². The van der Waals surface area contributed by atoms with E-state index >= 15 is 8.78 Å². The lowest BCUT2D eigenvalue weighted by Crippen LogP contribution is -2.54. The minimum Gasteiger partial charge on any atom is -0.453 e. The van der Waals surface area contributed by atoms with Gasteiger partial charge in [-0.2, -0.15) is 8.78 Å². The average Bonchev–Trinajstić information content (AvgIpc) is 3.95. The fraction of sp³-hybridized carbons (Fsp3) is 0.469. The summed E-state index contributed by atoms with van der Waals surface area (Å²) in [4.78, 5) is 72.6. The molecular weight excluding hydrogens is 835 g/mol. The highest BCUT2D eigenvalue weighted by molar-refractivity contribution is 5.89. The van der Waals surface area contributed by atoms with Gasteiger partial charge in [0.1, 0.15) is 23.7 Å². The minimum absolute atomic E-state index is 0.0102. The van der Waals surface area contributed by atoms with E-state index in [0.29, 0.717) is 51.7 Å². The summed E-state index contributed by atoms with van der Waals surface area (Å²) in [6.07, 6.45) is 5.75. The molecule has 3 aliphatic carbocycles. The number of ether oxygens (including phenoxy) is 2. The van der Waals surface area contributed by atoms with Gasteiger partial charge in [-0.1, -0.05) is 58.0 Å². The molecule has 2 saturated carbocycles. The molecule has 5 aliphatic rings. The number of hydrogen-bond acceptors (Lipinski definition) is 8. The fourth-order valence-electron chi connectivity index (χ4n) is 11.0. The number of carbonyl (C=O) groups is 4. The summed E-state index contributed by atoms with van der Waals surface area (Å²) in [7, 11) is 2.54. The molecule has 2 bridgehead atoms. The van der Waals surface area contributed by atoms with Crippen molar-refractivity contribution in [1.29, 1.82) is 0 Å². The summed E-state index contributed by atoms with van der Waals surface area (Å²) in [6, 6.07) is 13.8. The maximum Gasteiger partial charge on any atom is 0.407 e. The Morgan fingerprint density at radius 1 is 0.785 bits per heavy atom. The van der Waals surface area contributed by atoms with E-state index in [1.54, 1.807) is 29.3 Å². The Hall–Kier alpha value is -6.32. The van der Waals surface area contributed by atoms with Crippen molar-refractivity contribution in [3.8, 4) is 33.5 Å². The molecule has 340 valence electrons. The average molecular weight is 889 g/mol. The van der Waals surface area contributed by atoms with Crippen molar-refractivity contribution in [2.75, 3.05) is 20.8 Å². The molecule has 1 spiro atoms. The number of fused-ring (bicyclic) bond motifs is 6. The van der Waals surface area contributed by atoms with Gasteiger partial charge in [0.05, 0.1) is 49.2 Å². The molecule has 4 N–H and O–H groups in total. The lowest BCUT2D eigenvalue weighted by atomic mass is 9.95. The smallest absolute Gasteiger partial charge is 0.407 e. The van der Waals surface area contributed by atoms with Gasteiger partial charge in [-0.3, -0.25) is 9.59 Å². The molecule has 4 heterocycles. The number of amides is 4. The van der Waals surface area contributed by atoms with Gasteiger partial charge in [-0.15, -0.1) is 0 Å². The first-order chi connectivity index (χ1) is 31.1. The van der Waals surface area contributed by atoms with Crippen LogP contribution in [-0.2, 0) is 25.0 Å². The van der Waals surface area contributed by atoms with Crippen molar-refractivity contribution in [2.24, 2.45) is 23.2 Å². The SMILES string of the molecule is COC(=O)NC(C(=O)N1CC2(CC2)CC1c1ncc(-c2ccc3c(c2)C(F)(F)c2cc(-c4ccc5nc([C@@H]6[C@H]7CCC(C7)N6C(=O)[C@@H](NC(=O)OC)C(C)C)[nH]c5c4)ccc2-3)[nH]1)C(C)C. The molecule has 2 aromatic heterocycles. The number of hydrogen-bond donors (Lipinski definition) is 4. The summed E-state index contributed by atoms with van der Waals surface area (Å²) < 4.78 is 43.0. The second-order valence-corrected chi connectivity index (χ2v) is 19.4. The maximum atomic E-state index is 16.7. The topological polar surface area (TPSA) is 175 Å². The first-order valence-electron chi connectivity index (χ1n) is 22.6. The zero-order valence-corrected chi connectivity index (χ0v) is 37.3. The molecule has 4 fully saturated rings. The zero-order chi connectivity index (χ0) is 45.7. The molecule has 10 rings (SSSR count). The Morgan fingerprint density at radius 3 is 2.05 bits per heavy atom. The van der Waals surface area contributed by atoms with Crippen molar-refractivity contribution in [1.82, 2.24) is 40.4 Å². The fourth-order valence-corrected chi connectivity index (χ4v) is 11.0. The highest BCUT2D eigenvalue weighted by Gasteiger charge is 2.56. The van der Waals surface area contributed by atoms with Gasteiger partial charge in [0.15, 0.2) is 0 Å². The summed E-state index contributed by atoms with van der Waals surface area (Å²) in [5.41, 5.74) is 4.68. The number of piperidine rings is 1. The van der Waals surface area contributed by atoms with Crippen LogP contribution in [0.3, 0.4) is 0 Å². The summed E-state index contributed by atoms with van der Waals surface area (Å²) in [5.74, 6) is -2.53. The van der Waals surface area contributed by atoms with E-state index in [2.05, 4.69) is 20.6 Å². The number of imidazole rings is 2. The molecule has 16 heteroatoms. The van der Waals surface area contributed by atoms with E-state index in [9.17, 15) is 19.2 Å². The molecule has 65 heavy (non-hydrogen) atoms. The normalized spacial score (nSPS) is 22.9. The van der Waals surface area contributed by atoms with Crippen molar-refractivity contribution in [3.63, 3.8) is 0 Å². The van der Waals surface area contributed by atoms with E-state index in [-0.39, 0.29) is 64.2 Å². The number of nitrogens with zero attached hydrogens (tertiary/aromatic N) is 4. The van der Waals surface area contributed by atoms with Gasteiger partial charge >= 0.3 is 12.2 Å². The zero-order valence-electron chi connectivity index (χ0n) is 37.3. The van der Waals surface area contributed by atoms with Crippen LogP contribution in [-0.4, -0.2) is 92.6 Å². The Balaban J connectivity index is 0.896. The Labute approximate surface area is 375 Å². The number of alkyl carbamates (subject to hydrolysis) is 2. The number of methoxy groups -OCH3 is 2. The molecule has 2 aliphatic heterocycles. The number of halogens is 2. The van der Waals surface area contributed by atoms with Gasteiger partial charge in [0.2, 0.25) is 11.8 Å². The van der Waals surface area contributed by atoms with Crippen LogP contribution in [0.15, 0.2) is 60.8 Å². The van der Waals surface area contributed by atoms with Crippen LogP contribution in [0, 0.1) is 23.2 Å². The number of rotatable bonds is 10. The monoisotopic (exact) mass is 888 g/mol. The third-order valence-electron chi connectivity index (χ3n) is 14.7. The van der Waals surface area contributed by atoms with E-state index < -0.39 is 30.2 Å². The summed E-state index contributed by atoms with van der Waals surface area (Å²) in [5, 5.41) is 5.43. The molecule has 14 nitrogen and oxygen atoms in total. The number of alkyl halides is 2. The number of H-pyrrole nitrogens is 2. The molecule has 3 unspecified atom stereocenters. The number of aromatic nitrogens is 4. The van der Waals surface area contributed by atoms with Gasteiger partial charge in [-0.25, -0.2) is 19.6 Å². The third-order valence-corrected chi connectivity index (χ3v) is 14.7. The Bertz CT molecular complexity index is 2740. The van der Waals surface area contributed by atoms with Crippen molar-refractivity contribution in [2.45, 2.75) is 102 Å². The van der Waals surface area contributed by atoms with Gasteiger partial charge < -0.3 is 39.9 Å². The van der Waals surface area contributed by atoms with Crippen LogP contribution < -0.4 is 10.6 Å². The molecule has 0 radical (unpaired) electrons. The van der Waals surface area contributed by atoms with E-state index in [0.717, 1.165) is 49.6 Å². The van der Waals surface area contributed by atoms with E-state index in [4.69, 9.17) is 19.4 Å². The quantitative estimate of drug-likeness (QED) is 0.108. The first-order valence-corrected chi connectivity index (χ1v) is 22.6. The first kappa shape index (κ1) is 42.6. The van der Waals surface area contributed by atoms with Gasteiger partial charge in [0.25, 0.3) is 5.92 Å². The summed E-state index contributed by atoms with van der Waals surface area (Å²) >= 11 is 0. The lowest BCUT2D eigenvalue weighted by molar-refractivity contribution is -0.139. The number of carbonyl (C=O) groups excluding carboxylic acids is 4. The number of nitrogens with one attached hydrogen (secondary N) is 4. The predicted octanol–water partition coefficient (Wildman–Crippen LogP) is 8.61. The maximum absolute atomic E-state index is 16.7. The van der Waals surface area contributed by atoms with Crippen molar-refractivity contribution in [3.05, 3.63) is 83.6 Å². The highest BCUT2D eigenvalue weighted by Crippen LogP contribution is 2.59. The largest absolute Gasteiger partial charge is 0.453 e. The predicted molar refractivity (Wildman–Crippen MR) is 237 cm³/mol. The van der Waals surface area contributed by atoms with Crippen LogP contribution in [0.1, 0.15) is 101 Å². The number of likely N-dealkylation sites (tertiary alicyclic amines) is 2. The Kier molecular flexibility index (Phi) is 10.3. The Morgan fingerprint density at radius 2 is 1.40 bits per heavy atom. The molecular formula is C49H54F2N8O6. The highest BCUT2D eigenvalue weighted by atomic mass is 19.3. The summed E-state index contributed by atoms with van der Waals surface area (Å²) in [6.45, 7) is 8.09. The minimum atomic E-state index is -3.29. The van der Waals surface area contributed by atoms with Gasteiger partial charge in [0, 0.05) is 29.3 Å². The molecule has 6 atom stereocenters. The van der Waals surface area contributed by atoms with Gasteiger partial charge in [-0.05, 0) is 108 Å². The number of benzene rings is 3. The second kappa shape index (κ2) is 15.7. The molecule has 3 aromatic carbocycles. The van der Waals surface area contributed by atoms with Crippen LogP contribution in [0.5, 0.6) is 0 Å². The van der Waals surface area contributed by atoms with E-state index in [1.807, 2.05) is 62.9 Å². The number of aromatic amines is 2. The van der Waals surface area contributed by atoms with Crippen molar-refractivity contribution >= 4 is 35.0 Å². The molecule has 5 aromatic rings. The molecule has 2 saturated heterocycles. The van der Waals surface area contributed by atoms with Crippen LogP contribution in [0.2, 0.25) is 0 Å². The molecule has 4 amide bonds. The third kappa shape index (κ3) is 7.19. The standard InChI is InChI=1S/C49H54F2N8O6/c1-24(2)39(56-46(62)64-5)44(60)58-23-48(15-16-48)21-38(58)42-52-22-37(55-42)28-9-13-32-31-12-8-26(18-33(31)49(50,51)34(32)19-28)27-10-14-35-36(20-27)54-43(53-35)41-29-7-11-30(17-29)59(41)45(61)40(25(3)4)57-47(63)65-6/h8-10,12-14,18-20,22,24-25,29-30,38-41H,7,11,15-17,21,23H2,1-6H3,(H,52,55)(H,53,54)(H,56,62)(H,57,63)/t29-,30?,38?,39?,40-,41-/m0/s1. The van der Waals surface area contributed by atoms with Crippen LogP contribution >= 0.6 is 0 Å². The van der Waals surface area contributed by atoms with Crippen molar-refractivity contribution < 1.29 is 37.4 Å². The lowest BCUT2D eigenvalue weighted by Gasteiger charge is -2.37. The van der Waals surface area contributed by atoms with E-state index in [1.165, 1.54) is 20.3 Å².